The minimum atomic E-state index is 0.106. The van der Waals surface area contributed by atoms with E-state index in [9.17, 15) is 4.79 Å². The Morgan fingerprint density at radius 1 is 1.86 bits per heavy atom. The zero-order valence-electron chi connectivity index (χ0n) is 4.60. The summed E-state index contributed by atoms with van der Waals surface area (Å²) in [4.78, 5) is 9.76. The molecule has 1 unspecified atom stereocenters. The molecular weight excluding hydrogens is 108 g/mol. The van der Waals surface area contributed by atoms with Gasteiger partial charge in [0.25, 0.3) is 0 Å². The van der Waals surface area contributed by atoms with Crippen LogP contribution in [0.2, 0.25) is 0 Å². The summed E-state index contributed by atoms with van der Waals surface area (Å²) in [5.41, 5.74) is 0. The largest absolute Gasteiger partial charge is 0.291 e. The van der Waals surface area contributed by atoms with Crippen molar-refractivity contribution in [2.45, 2.75) is 6.92 Å². The zero-order valence-corrected chi connectivity index (χ0v) is 5.42. The topological polar surface area (TPSA) is 17.1 Å². The maximum absolute atomic E-state index is 9.76. The molecule has 0 amide bonds. The van der Waals surface area contributed by atoms with Gasteiger partial charge in [-0.3, -0.25) is 4.79 Å². The monoisotopic (exact) mass is 117 g/mol. The molecule has 1 nitrogen and oxygen atoms in total. The number of hydrogen-bond acceptors (Lipinski definition) is 2. The SMILES string of the molecule is CSCC(C)[C]=O. The molecule has 0 aromatic rings. The molecule has 0 aromatic carbocycles. The number of hydrogen-bond donors (Lipinski definition) is 0. The fourth-order valence-corrected chi connectivity index (χ4v) is 0.852. The highest BCUT2D eigenvalue weighted by Gasteiger charge is 1.95. The van der Waals surface area contributed by atoms with Crippen molar-refractivity contribution in [2.24, 2.45) is 5.92 Å². The van der Waals surface area contributed by atoms with Crippen molar-refractivity contribution in [3.63, 3.8) is 0 Å². The zero-order chi connectivity index (χ0) is 5.70. The second-order valence-electron chi connectivity index (χ2n) is 1.47. The maximum Gasteiger partial charge on any atom is 0.202 e. The van der Waals surface area contributed by atoms with Crippen LogP contribution in [-0.2, 0) is 4.79 Å². The first-order valence-corrected chi connectivity index (χ1v) is 3.57. The third-order valence-electron chi connectivity index (χ3n) is 0.618. The van der Waals surface area contributed by atoms with Gasteiger partial charge in [-0.15, -0.1) is 0 Å². The van der Waals surface area contributed by atoms with Gasteiger partial charge in [-0.1, -0.05) is 6.92 Å². The summed E-state index contributed by atoms with van der Waals surface area (Å²) < 4.78 is 0. The molecule has 0 aliphatic carbocycles. The molecule has 0 saturated heterocycles. The van der Waals surface area contributed by atoms with E-state index in [1.165, 1.54) is 0 Å². The fraction of sp³-hybridized carbons (Fsp3) is 0.800. The molecule has 0 spiro atoms. The highest BCUT2D eigenvalue weighted by Crippen LogP contribution is 1.99. The van der Waals surface area contributed by atoms with Crippen LogP contribution in [0.4, 0.5) is 0 Å². The van der Waals surface area contributed by atoms with Gasteiger partial charge in [-0.25, -0.2) is 0 Å². The minimum absolute atomic E-state index is 0.106. The second-order valence-corrected chi connectivity index (χ2v) is 2.38. The molecule has 2 heteroatoms. The lowest BCUT2D eigenvalue weighted by atomic mass is 10.3. The van der Waals surface area contributed by atoms with Crippen LogP contribution >= 0.6 is 11.8 Å². The molecule has 0 saturated carbocycles. The molecule has 0 fully saturated rings. The van der Waals surface area contributed by atoms with Crippen molar-refractivity contribution in [3.05, 3.63) is 0 Å². The van der Waals surface area contributed by atoms with Gasteiger partial charge in [0.1, 0.15) is 0 Å². The summed E-state index contributed by atoms with van der Waals surface area (Å²) in [6, 6.07) is 0. The van der Waals surface area contributed by atoms with Crippen molar-refractivity contribution in [2.75, 3.05) is 12.0 Å². The van der Waals surface area contributed by atoms with Crippen LogP contribution in [0.25, 0.3) is 0 Å². The second kappa shape index (κ2) is 4.19. The van der Waals surface area contributed by atoms with Gasteiger partial charge in [0.15, 0.2) is 0 Å². The van der Waals surface area contributed by atoms with E-state index in [-0.39, 0.29) is 5.92 Å². The lowest BCUT2D eigenvalue weighted by Gasteiger charge is -1.93. The minimum Gasteiger partial charge on any atom is -0.291 e. The number of thioether (sulfide) groups is 1. The number of carbonyl (C=O) groups excluding carboxylic acids is 1. The van der Waals surface area contributed by atoms with Crippen molar-refractivity contribution in [3.8, 4) is 0 Å². The van der Waals surface area contributed by atoms with Gasteiger partial charge in [0.2, 0.25) is 6.29 Å². The van der Waals surface area contributed by atoms with Crippen LogP contribution < -0.4 is 0 Å². The first-order chi connectivity index (χ1) is 3.31. The molecular formula is C5H9OS. The van der Waals surface area contributed by atoms with Gasteiger partial charge in [0, 0.05) is 11.7 Å². The molecule has 1 atom stereocenters. The Balaban J connectivity index is 2.98. The Kier molecular flexibility index (Phi) is 4.20. The highest BCUT2D eigenvalue weighted by atomic mass is 32.2. The van der Waals surface area contributed by atoms with E-state index in [1.54, 1.807) is 11.8 Å². The van der Waals surface area contributed by atoms with E-state index >= 15 is 0 Å². The standard InChI is InChI=1S/C5H9OS/c1-5(3-6)4-7-2/h5H,4H2,1-2H3. The Morgan fingerprint density at radius 3 is 2.57 bits per heavy atom. The van der Waals surface area contributed by atoms with Crippen LogP contribution in [-0.4, -0.2) is 18.3 Å². The van der Waals surface area contributed by atoms with E-state index in [4.69, 9.17) is 0 Å². The van der Waals surface area contributed by atoms with E-state index in [0.29, 0.717) is 0 Å². The third kappa shape index (κ3) is 3.86. The van der Waals surface area contributed by atoms with Gasteiger partial charge in [-0.2, -0.15) is 11.8 Å². The predicted molar refractivity (Wildman–Crippen MR) is 33.2 cm³/mol. The van der Waals surface area contributed by atoms with E-state index < -0.39 is 0 Å². The third-order valence-corrected chi connectivity index (χ3v) is 1.45. The van der Waals surface area contributed by atoms with Crippen molar-refractivity contribution < 1.29 is 4.79 Å². The summed E-state index contributed by atoms with van der Waals surface area (Å²) in [6.45, 7) is 1.86. The van der Waals surface area contributed by atoms with Gasteiger partial charge < -0.3 is 0 Å². The van der Waals surface area contributed by atoms with Crippen LogP contribution in [0, 0.1) is 5.92 Å². The van der Waals surface area contributed by atoms with Crippen molar-refractivity contribution in [1.29, 1.82) is 0 Å². The normalized spacial score (nSPS) is 13.4. The van der Waals surface area contributed by atoms with E-state index in [1.807, 2.05) is 19.5 Å². The average molecular weight is 117 g/mol. The van der Waals surface area contributed by atoms with Gasteiger partial charge in [0.05, 0.1) is 0 Å². The summed E-state index contributed by atoms with van der Waals surface area (Å²) >= 11 is 1.67. The maximum atomic E-state index is 9.76. The van der Waals surface area contributed by atoms with Crippen molar-refractivity contribution in [1.82, 2.24) is 0 Å². The molecule has 41 valence electrons. The molecule has 0 aliphatic rings. The summed E-state index contributed by atoms with van der Waals surface area (Å²) in [6.07, 6.45) is 3.88. The molecule has 0 bridgehead atoms. The first-order valence-electron chi connectivity index (χ1n) is 2.18. The lowest BCUT2D eigenvalue weighted by molar-refractivity contribution is 0.538. The summed E-state index contributed by atoms with van der Waals surface area (Å²) in [7, 11) is 0. The molecule has 0 rings (SSSR count). The Hall–Kier alpha value is 0.0200. The molecule has 1 radical (unpaired) electrons. The van der Waals surface area contributed by atoms with E-state index in [0.717, 1.165) is 5.75 Å². The Morgan fingerprint density at radius 2 is 2.43 bits per heavy atom. The average Bonchev–Trinajstić information content (AvgIpc) is 1.68. The Bertz CT molecular complexity index is 54.0. The van der Waals surface area contributed by atoms with Gasteiger partial charge in [-0.05, 0) is 6.26 Å². The fourth-order valence-electron chi connectivity index (χ4n) is 0.284. The first kappa shape index (κ1) is 7.02. The van der Waals surface area contributed by atoms with Crippen LogP contribution in [0.3, 0.4) is 0 Å². The molecule has 0 N–H and O–H groups in total. The highest BCUT2D eigenvalue weighted by molar-refractivity contribution is 7.98. The molecule has 7 heavy (non-hydrogen) atoms. The van der Waals surface area contributed by atoms with Gasteiger partial charge >= 0.3 is 0 Å². The summed E-state index contributed by atoms with van der Waals surface area (Å²) in [5.74, 6) is 0.999. The lowest BCUT2D eigenvalue weighted by Crippen LogP contribution is -1.96. The van der Waals surface area contributed by atoms with Crippen molar-refractivity contribution >= 4 is 18.0 Å². The Labute approximate surface area is 48.5 Å². The van der Waals surface area contributed by atoms with Crippen LogP contribution in [0.5, 0.6) is 0 Å². The smallest absolute Gasteiger partial charge is 0.202 e. The predicted octanol–water partition coefficient (Wildman–Crippen LogP) is 1.10. The van der Waals surface area contributed by atoms with Crippen LogP contribution in [0.1, 0.15) is 6.92 Å². The molecule has 0 aliphatic heterocycles. The quantitative estimate of drug-likeness (QED) is 0.550. The summed E-state index contributed by atoms with van der Waals surface area (Å²) in [5, 5.41) is 0. The number of rotatable bonds is 3. The molecule has 0 aromatic heterocycles. The van der Waals surface area contributed by atoms with E-state index in [2.05, 4.69) is 0 Å². The van der Waals surface area contributed by atoms with Crippen LogP contribution in [0.15, 0.2) is 0 Å². The molecule has 0 heterocycles.